The van der Waals surface area contributed by atoms with Crippen molar-refractivity contribution < 1.29 is 13.6 Å². The molecule has 0 saturated carbocycles. The molecule has 0 bridgehead atoms. The minimum Gasteiger partial charge on any atom is -0.222 e. The molecule has 0 amide bonds. The Morgan fingerprint density at radius 1 is 0.640 bits per heavy atom. The van der Waals surface area contributed by atoms with Gasteiger partial charge >= 0.3 is 8.25 Å². The summed E-state index contributed by atoms with van der Waals surface area (Å²) in [6.07, 6.45) is 0. The fourth-order valence-electron chi connectivity index (χ4n) is 2.22. The third-order valence-corrected chi connectivity index (χ3v) is 4.52. The van der Waals surface area contributed by atoms with Gasteiger partial charge in [-0.05, 0) is 46.2 Å². The van der Waals surface area contributed by atoms with Crippen molar-refractivity contribution in [1.29, 1.82) is 0 Å². The van der Waals surface area contributed by atoms with Crippen LogP contribution in [0.25, 0.3) is 0 Å². The van der Waals surface area contributed by atoms with E-state index in [0.717, 1.165) is 0 Å². The molecule has 2 aromatic rings. The molecule has 0 aliphatic carbocycles. The second-order valence-corrected chi connectivity index (χ2v) is 8.77. The Hall–Kier alpha value is -0.860. The molecule has 0 aliphatic heterocycles. The van der Waals surface area contributed by atoms with Crippen LogP contribution in [0.5, 0.6) is 11.5 Å². The molecular weight excluding hydrogens is 342 g/mol. The van der Waals surface area contributed by atoms with Gasteiger partial charge in [0.05, 0.1) is 0 Å². The maximum atomic E-state index is 12.0. The summed E-state index contributed by atoms with van der Waals surface area (Å²) in [5.74, 6) is 1.07. The van der Waals surface area contributed by atoms with Crippen molar-refractivity contribution in [2.24, 2.45) is 0 Å². The molecule has 0 spiro atoms. The third-order valence-electron chi connectivity index (χ3n) is 3.80. The molecule has 25 heavy (non-hydrogen) atoms. The van der Waals surface area contributed by atoms with Gasteiger partial charge in [0.2, 0.25) is 0 Å². The van der Waals surface area contributed by atoms with Gasteiger partial charge in [-0.2, -0.15) is 0 Å². The van der Waals surface area contributed by atoms with Crippen LogP contribution in [0.4, 0.5) is 0 Å². The van der Waals surface area contributed by atoms with Crippen molar-refractivity contribution in [2.75, 3.05) is 0 Å². The van der Waals surface area contributed by atoms with E-state index in [1.807, 2.05) is 48.5 Å². The summed E-state index contributed by atoms with van der Waals surface area (Å²) < 4.78 is 22.8. The molecule has 5 heteroatoms. The molecule has 2 rings (SSSR count). The smallest absolute Gasteiger partial charge is 0.222 e. The minimum absolute atomic E-state index is 0. The monoisotopic (exact) mass is 368 g/mol. The summed E-state index contributed by atoms with van der Waals surface area (Å²) in [5.41, 5.74) is 2.55. The van der Waals surface area contributed by atoms with E-state index in [-0.39, 0.29) is 40.4 Å². The van der Waals surface area contributed by atoms with Gasteiger partial charge in [-0.3, -0.25) is 0 Å². The Bertz CT molecular complexity index is 634. The first-order valence-electron chi connectivity index (χ1n) is 8.10. The van der Waals surface area contributed by atoms with Crippen LogP contribution < -0.4 is 9.05 Å². The second-order valence-electron chi connectivity index (χ2n) is 7.95. The normalized spacial score (nSPS) is 11.4. The van der Waals surface area contributed by atoms with E-state index in [9.17, 15) is 4.57 Å². The Balaban J connectivity index is 0.00000312. The molecule has 0 unspecified atom stereocenters. The van der Waals surface area contributed by atoms with Gasteiger partial charge < -0.3 is 0 Å². The number of benzene rings is 2. The summed E-state index contributed by atoms with van der Waals surface area (Å²) >= 11 is 0. The summed E-state index contributed by atoms with van der Waals surface area (Å²) in [5, 5.41) is 0. The molecule has 3 nitrogen and oxygen atoms in total. The van der Waals surface area contributed by atoms with Crippen molar-refractivity contribution in [2.45, 2.75) is 52.4 Å². The largest absolute Gasteiger partial charge is 0.805 e. The van der Waals surface area contributed by atoms with Gasteiger partial charge in [-0.25, -0.2) is 9.05 Å². The topological polar surface area (TPSA) is 35.5 Å². The molecule has 0 atom stereocenters. The zero-order valence-electron chi connectivity index (χ0n) is 16.3. The molecule has 129 valence electrons. The summed E-state index contributed by atoms with van der Waals surface area (Å²) in [7, 11) is -2.26. The van der Waals surface area contributed by atoms with E-state index in [0.29, 0.717) is 11.5 Å². The Morgan fingerprint density at radius 3 is 1.16 bits per heavy atom. The number of rotatable bonds is 4. The first-order valence-corrected chi connectivity index (χ1v) is 9.19. The van der Waals surface area contributed by atoms with Crippen molar-refractivity contribution >= 4 is 37.8 Å². The average molecular weight is 368 g/mol. The fraction of sp³-hybridized carbons (Fsp3) is 0.400. The Morgan fingerprint density at radius 2 is 0.920 bits per heavy atom. The Labute approximate surface area is 174 Å². The molecule has 0 N–H and O–H groups in total. The van der Waals surface area contributed by atoms with Crippen molar-refractivity contribution in [3.8, 4) is 11.5 Å². The van der Waals surface area contributed by atoms with Crippen LogP contribution in [0.2, 0.25) is 0 Å². The average Bonchev–Trinajstić information content (AvgIpc) is 2.46. The maximum Gasteiger partial charge on any atom is 0.805 e. The first kappa shape index (κ1) is 22.2. The van der Waals surface area contributed by atoms with E-state index in [1.54, 1.807) is 0 Å². The van der Waals surface area contributed by atoms with Crippen LogP contribution in [-0.2, 0) is 15.4 Å². The molecule has 0 saturated heterocycles. The maximum absolute atomic E-state index is 12.0. The molecule has 0 fully saturated rings. The zero-order chi connectivity index (χ0) is 18.0. The van der Waals surface area contributed by atoms with Crippen LogP contribution in [0.15, 0.2) is 48.5 Å². The van der Waals surface area contributed by atoms with E-state index < -0.39 is 8.25 Å². The molecule has 2 aromatic carbocycles. The van der Waals surface area contributed by atoms with Gasteiger partial charge in [0.15, 0.2) is 11.5 Å². The summed E-state index contributed by atoms with van der Waals surface area (Å²) in [4.78, 5) is 0. The Kier molecular flexibility index (Phi) is 7.71. The fourth-order valence-corrected chi connectivity index (χ4v) is 2.85. The number of hydrogen-bond acceptors (Lipinski definition) is 3. The quantitative estimate of drug-likeness (QED) is 0.489. The van der Waals surface area contributed by atoms with Gasteiger partial charge in [0, 0.05) is 34.1 Å². The van der Waals surface area contributed by atoms with Crippen LogP contribution >= 0.6 is 8.25 Å². The van der Waals surface area contributed by atoms with Crippen molar-refractivity contribution in [3.63, 3.8) is 0 Å². The van der Waals surface area contributed by atoms with E-state index in [4.69, 9.17) is 9.05 Å². The van der Waals surface area contributed by atoms with Crippen molar-refractivity contribution in [1.82, 2.24) is 0 Å². The predicted molar refractivity (Wildman–Crippen MR) is 105 cm³/mol. The first-order chi connectivity index (χ1) is 11.1. The second kappa shape index (κ2) is 8.68. The molecule has 0 aromatic heterocycles. The zero-order valence-corrected chi connectivity index (χ0v) is 19.2. The predicted octanol–water partition coefficient (Wildman–Crippen LogP) is 6.02. The van der Waals surface area contributed by atoms with Crippen LogP contribution in [0.1, 0.15) is 52.7 Å². The number of hydrogen-bond donors (Lipinski definition) is 0. The van der Waals surface area contributed by atoms with Crippen LogP contribution in [0, 0.1) is 0 Å². The molecule has 0 heterocycles. The van der Waals surface area contributed by atoms with E-state index >= 15 is 0 Å². The van der Waals surface area contributed by atoms with Crippen LogP contribution in [0.3, 0.4) is 0 Å². The third kappa shape index (κ3) is 6.75. The van der Waals surface area contributed by atoms with Crippen molar-refractivity contribution in [3.05, 3.63) is 59.7 Å². The van der Waals surface area contributed by atoms with Crippen LogP contribution in [-0.4, -0.2) is 29.6 Å². The van der Waals surface area contributed by atoms with Gasteiger partial charge in [0.25, 0.3) is 0 Å². The standard InChI is InChI=1S/C20H26O3P.Na/c1-19(2,3)15-7-11-17(12-8-15)22-24(21)23-18-13-9-16(10-14-18)20(4,5)6;/h7-14H,1-6H3;/q+1;. The van der Waals surface area contributed by atoms with Gasteiger partial charge in [-0.15, -0.1) is 0 Å². The SMILES string of the molecule is CC(C)(C)c1ccc(O[P+](=O)Oc2ccc(C(C)(C)C)cc2)cc1.[Na]. The van der Waals surface area contributed by atoms with Gasteiger partial charge in [-0.1, -0.05) is 65.8 Å². The molecule has 0 aliphatic rings. The summed E-state index contributed by atoms with van der Waals surface area (Å²) in [6, 6.07) is 15.2. The van der Waals surface area contributed by atoms with E-state index in [1.165, 1.54) is 11.1 Å². The molecule has 1 radical (unpaired) electrons. The summed E-state index contributed by atoms with van der Waals surface area (Å²) in [6.45, 7) is 12.9. The minimum atomic E-state index is -2.26. The molecular formula is C20H26NaO3P+. The van der Waals surface area contributed by atoms with Gasteiger partial charge in [0.1, 0.15) is 0 Å². The van der Waals surface area contributed by atoms with E-state index in [2.05, 4.69) is 41.5 Å².